The van der Waals surface area contributed by atoms with Crippen molar-refractivity contribution in [1.29, 1.82) is 0 Å². The van der Waals surface area contributed by atoms with Gasteiger partial charge in [-0.05, 0) is 38.9 Å². The number of benzene rings is 1. The van der Waals surface area contributed by atoms with Gasteiger partial charge in [-0.25, -0.2) is 0 Å². The van der Waals surface area contributed by atoms with Gasteiger partial charge in [0.15, 0.2) is 5.96 Å². The summed E-state index contributed by atoms with van der Waals surface area (Å²) in [4.78, 5) is 9.33. The van der Waals surface area contributed by atoms with Crippen LogP contribution in [0.5, 0.6) is 5.75 Å². The third kappa shape index (κ3) is 7.19. The van der Waals surface area contributed by atoms with Gasteiger partial charge in [-0.15, -0.1) is 0 Å². The monoisotopic (exact) mass is 403 g/mol. The van der Waals surface area contributed by atoms with Crippen LogP contribution in [0, 0.1) is 5.92 Å². The summed E-state index contributed by atoms with van der Waals surface area (Å²) in [5, 5.41) is 7.08. The SMILES string of the molecule is CCN(CC)CCOc1ccccc1CNC(=NC)NC1CN(C(C)C)CC1C. The van der Waals surface area contributed by atoms with Crippen LogP contribution in [-0.4, -0.2) is 74.2 Å². The highest BCUT2D eigenvalue weighted by molar-refractivity contribution is 5.80. The number of rotatable bonds is 10. The van der Waals surface area contributed by atoms with Crippen LogP contribution in [0.4, 0.5) is 0 Å². The van der Waals surface area contributed by atoms with E-state index in [2.05, 4.69) is 78.2 Å². The van der Waals surface area contributed by atoms with Crippen molar-refractivity contribution in [1.82, 2.24) is 20.4 Å². The summed E-state index contributed by atoms with van der Waals surface area (Å²) < 4.78 is 6.08. The first-order valence-corrected chi connectivity index (χ1v) is 11.1. The van der Waals surface area contributed by atoms with Crippen LogP contribution in [0.25, 0.3) is 0 Å². The molecule has 2 rings (SSSR count). The molecule has 0 radical (unpaired) electrons. The third-order valence-electron chi connectivity index (χ3n) is 5.90. The van der Waals surface area contributed by atoms with E-state index in [1.54, 1.807) is 0 Å². The zero-order chi connectivity index (χ0) is 21.2. The Morgan fingerprint density at radius 2 is 1.97 bits per heavy atom. The Bertz CT molecular complexity index is 629. The van der Waals surface area contributed by atoms with Crippen LogP contribution < -0.4 is 15.4 Å². The minimum Gasteiger partial charge on any atom is -0.492 e. The molecule has 0 aromatic heterocycles. The number of nitrogens with zero attached hydrogens (tertiary/aromatic N) is 3. The summed E-state index contributed by atoms with van der Waals surface area (Å²) in [7, 11) is 1.83. The molecular formula is C23H41N5O. The fraction of sp³-hybridized carbons (Fsp3) is 0.696. The number of aliphatic imine (C=N–C) groups is 1. The fourth-order valence-electron chi connectivity index (χ4n) is 3.78. The van der Waals surface area contributed by atoms with Crippen LogP contribution >= 0.6 is 0 Å². The maximum absolute atomic E-state index is 6.08. The van der Waals surface area contributed by atoms with E-state index in [-0.39, 0.29) is 0 Å². The molecule has 2 N–H and O–H groups in total. The summed E-state index contributed by atoms with van der Waals surface area (Å²) in [6.07, 6.45) is 0. The molecule has 1 saturated heterocycles. The average molecular weight is 404 g/mol. The summed E-state index contributed by atoms with van der Waals surface area (Å²) >= 11 is 0. The molecular weight excluding hydrogens is 362 g/mol. The van der Waals surface area contributed by atoms with Crippen molar-refractivity contribution in [3.8, 4) is 5.75 Å². The molecule has 1 heterocycles. The van der Waals surface area contributed by atoms with Gasteiger partial charge in [-0.3, -0.25) is 9.89 Å². The predicted molar refractivity (Wildman–Crippen MR) is 123 cm³/mol. The van der Waals surface area contributed by atoms with E-state index in [0.717, 1.165) is 50.0 Å². The van der Waals surface area contributed by atoms with Crippen molar-refractivity contribution in [3.05, 3.63) is 29.8 Å². The molecule has 29 heavy (non-hydrogen) atoms. The van der Waals surface area contributed by atoms with Gasteiger partial charge in [-0.2, -0.15) is 0 Å². The number of para-hydroxylation sites is 1. The standard InChI is InChI=1S/C23H41N5O/c1-7-27(8-2)13-14-29-22-12-10-9-11-20(22)15-25-23(24-6)26-21-17-28(18(3)4)16-19(21)5/h9-12,18-19,21H,7-8,13-17H2,1-6H3,(H2,24,25,26). The molecule has 6 nitrogen and oxygen atoms in total. The quantitative estimate of drug-likeness (QED) is 0.465. The average Bonchev–Trinajstić information content (AvgIpc) is 3.10. The van der Waals surface area contributed by atoms with Crippen molar-refractivity contribution in [2.24, 2.45) is 10.9 Å². The van der Waals surface area contributed by atoms with Gasteiger partial charge in [0, 0.05) is 50.9 Å². The number of hydrogen-bond acceptors (Lipinski definition) is 4. The number of hydrogen-bond donors (Lipinski definition) is 2. The van der Waals surface area contributed by atoms with Crippen molar-refractivity contribution < 1.29 is 4.74 Å². The van der Waals surface area contributed by atoms with Crippen LogP contribution in [0.2, 0.25) is 0 Å². The first-order chi connectivity index (χ1) is 14.0. The second-order valence-electron chi connectivity index (χ2n) is 8.18. The highest BCUT2D eigenvalue weighted by Gasteiger charge is 2.31. The smallest absolute Gasteiger partial charge is 0.191 e. The number of likely N-dealkylation sites (tertiary alicyclic amines) is 1. The molecule has 164 valence electrons. The van der Waals surface area contributed by atoms with Crippen molar-refractivity contribution in [2.75, 3.05) is 46.4 Å². The molecule has 1 aliphatic rings. The molecule has 2 atom stereocenters. The Hall–Kier alpha value is -1.79. The Kier molecular flexibility index (Phi) is 9.74. The second-order valence-corrected chi connectivity index (χ2v) is 8.18. The van der Waals surface area contributed by atoms with Gasteiger partial charge in [0.1, 0.15) is 12.4 Å². The molecule has 0 bridgehead atoms. The number of guanidine groups is 1. The van der Waals surface area contributed by atoms with E-state index >= 15 is 0 Å². The Labute approximate surface area is 177 Å². The lowest BCUT2D eigenvalue weighted by atomic mass is 10.1. The zero-order valence-corrected chi connectivity index (χ0v) is 19.2. The summed E-state index contributed by atoms with van der Waals surface area (Å²) in [6, 6.07) is 9.26. The molecule has 0 spiro atoms. The Morgan fingerprint density at radius 3 is 2.59 bits per heavy atom. The number of nitrogens with one attached hydrogen (secondary N) is 2. The largest absolute Gasteiger partial charge is 0.492 e. The van der Waals surface area contributed by atoms with E-state index < -0.39 is 0 Å². The Morgan fingerprint density at radius 1 is 1.24 bits per heavy atom. The summed E-state index contributed by atoms with van der Waals surface area (Å²) in [5.41, 5.74) is 1.15. The van der Waals surface area contributed by atoms with Crippen LogP contribution in [0.15, 0.2) is 29.3 Å². The van der Waals surface area contributed by atoms with Gasteiger partial charge in [-0.1, -0.05) is 39.0 Å². The maximum atomic E-state index is 6.08. The van der Waals surface area contributed by atoms with Crippen molar-refractivity contribution >= 4 is 5.96 Å². The third-order valence-corrected chi connectivity index (χ3v) is 5.90. The molecule has 2 unspecified atom stereocenters. The van der Waals surface area contributed by atoms with Gasteiger partial charge in [0.05, 0.1) is 0 Å². The molecule has 0 amide bonds. The van der Waals surface area contributed by atoms with Gasteiger partial charge >= 0.3 is 0 Å². The van der Waals surface area contributed by atoms with Crippen molar-refractivity contribution in [3.63, 3.8) is 0 Å². The first kappa shape index (κ1) is 23.5. The lowest BCUT2D eigenvalue weighted by Gasteiger charge is -2.22. The lowest BCUT2D eigenvalue weighted by Crippen LogP contribution is -2.46. The predicted octanol–water partition coefficient (Wildman–Crippen LogP) is 2.80. The minimum atomic E-state index is 0.421. The number of likely N-dealkylation sites (N-methyl/N-ethyl adjacent to an activating group) is 1. The van der Waals surface area contributed by atoms with Crippen LogP contribution in [-0.2, 0) is 6.54 Å². The van der Waals surface area contributed by atoms with Gasteiger partial charge in [0.2, 0.25) is 0 Å². The zero-order valence-electron chi connectivity index (χ0n) is 19.2. The topological polar surface area (TPSA) is 52.1 Å². The number of ether oxygens (including phenoxy) is 1. The first-order valence-electron chi connectivity index (χ1n) is 11.1. The van der Waals surface area contributed by atoms with Gasteiger partial charge in [0.25, 0.3) is 0 Å². The van der Waals surface area contributed by atoms with E-state index in [0.29, 0.717) is 31.2 Å². The van der Waals surface area contributed by atoms with E-state index in [1.807, 2.05) is 13.1 Å². The highest BCUT2D eigenvalue weighted by atomic mass is 16.5. The summed E-state index contributed by atoms with van der Waals surface area (Å²) in [5.74, 6) is 2.40. The molecule has 6 heteroatoms. The second kappa shape index (κ2) is 12.0. The summed E-state index contributed by atoms with van der Waals surface area (Å²) in [6.45, 7) is 17.9. The van der Waals surface area contributed by atoms with E-state index in [1.165, 1.54) is 0 Å². The minimum absolute atomic E-state index is 0.421. The molecule has 1 aromatic carbocycles. The molecule has 0 aliphatic carbocycles. The highest BCUT2D eigenvalue weighted by Crippen LogP contribution is 2.19. The van der Waals surface area contributed by atoms with Gasteiger partial charge < -0.3 is 20.3 Å². The molecule has 1 aromatic rings. The lowest BCUT2D eigenvalue weighted by molar-refractivity contribution is 0.221. The van der Waals surface area contributed by atoms with Crippen molar-refractivity contribution in [2.45, 2.75) is 53.2 Å². The fourth-order valence-corrected chi connectivity index (χ4v) is 3.78. The molecule has 1 aliphatic heterocycles. The van der Waals surface area contributed by atoms with Crippen LogP contribution in [0.1, 0.15) is 40.2 Å². The maximum Gasteiger partial charge on any atom is 0.191 e. The normalized spacial score (nSPS) is 20.5. The van der Waals surface area contributed by atoms with E-state index in [9.17, 15) is 0 Å². The Balaban J connectivity index is 1.88. The molecule has 0 saturated carbocycles. The van der Waals surface area contributed by atoms with E-state index in [4.69, 9.17) is 4.74 Å². The molecule has 1 fully saturated rings. The van der Waals surface area contributed by atoms with Crippen LogP contribution in [0.3, 0.4) is 0 Å².